The second kappa shape index (κ2) is 6.00. The topological polar surface area (TPSA) is 75.9 Å². The fourth-order valence-corrected chi connectivity index (χ4v) is 2.60. The van der Waals surface area contributed by atoms with Crippen LogP contribution >= 0.6 is 50.1 Å². The molecule has 0 bridgehead atoms. The maximum Gasteiger partial charge on any atom is 0.159 e. The van der Waals surface area contributed by atoms with Gasteiger partial charge in [0.1, 0.15) is 16.6 Å². The molecule has 94 valence electrons. The van der Waals surface area contributed by atoms with Gasteiger partial charge in [-0.1, -0.05) is 11.6 Å². The molecule has 0 atom stereocenters. The summed E-state index contributed by atoms with van der Waals surface area (Å²) < 4.78 is 1.70. The van der Waals surface area contributed by atoms with Gasteiger partial charge in [0.15, 0.2) is 5.82 Å². The first kappa shape index (κ1) is 13.8. The lowest BCUT2D eigenvalue weighted by molar-refractivity contribution is 1.12. The van der Waals surface area contributed by atoms with Crippen molar-refractivity contribution in [2.75, 3.05) is 10.7 Å². The summed E-state index contributed by atoms with van der Waals surface area (Å²) in [5.41, 5.74) is 3.24. The van der Waals surface area contributed by atoms with Crippen LogP contribution in [0.1, 0.15) is 0 Å². The zero-order valence-corrected chi connectivity index (χ0v) is 13.4. The summed E-state index contributed by atoms with van der Waals surface area (Å²) in [6, 6.07) is 5.70. The molecule has 5 nitrogen and oxygen atoms in total. The van der Waals surface area contributed by atoms with E-state index in [-0.39, 0.29) is 0 Å². The molecule has 1 aromatic carbocycles. The average molecular weight is 440 g/mol. The molecule has 0 fully saturated rings. The van der Waals surface area contributed by atoms with Gasteiger partial charge < -0.3 is 10.7 Å². The van der Waals surface area contributed by atoms with Crippen molar-refractivity contribution < 1.29 is 0 Å². The summed E-state index contributed by atoms with van der Waals surface area (Å²) in [6.07, 6.45) is 1.41. The predicted molar refractivity (Wildman–Crippen MR) is 85.0 cm³/mol. The van der Waals surface area contributed by atoms with E-state index < -0.39 is 0 Å². The van der Waals surface area contributed by atoms with E-state index in [1.54, 1.807) is 0 Å². The molecule has 0 aliphatic carbocycles. The molecule has 8 heteroatoms. The number of aromatic nitrogens is 2. The lowest BCUT2D eigenvalue weighted by atomic mass is 10.3. The van der Waals surface area contributed by atoms with Gasteiger partial charge in [-0.05, 0) is 56.7 Å². The Labute approximate surface area is 131 Å². The third-order valence-corrected chi connectivity index (χ3v) is 3.85. The first-order valence-corrected chi connectivity index (χ1v) is 7.06. The van der Waals surface area contributed by atoms with Crippen LogP contribution in [0.4, 0.5) is 17.3 Å². The highest BCUT2D eigenvalue weighted by molar-refractivity contribution is 14.1. The van der Waals surface area contributed by atoms with Crippen LogP contribution in [-0.4, -0.2) is 9.97 Å². The standard InChI is InChI=1S/C10H8BrClIN5/c11-8-9(15-4-16-10(8)18-14)17-7-2-1-5(13)3-6(7)12/h1-4H,14H2,(H2,15,16,17,18). The molecular formula is C10H8BrClIN5. The minimum atomic E-state index is 0.495. The second-order valence-electron chi connectivity index (χ2n) is 3.28. The number of benzene rings is 1. The Hall–Kier alpha value is -0.640. The molecular weight excluding hydrogens is 432 g/mol. The Morgan fingerprint density at radius 1 is 1.28 bits per heavy atom. The summed E-state index contributed by atoms with van der Waals surface area (Å²) in [7, 11) is 0. The number of nitrogens with two attached hydrogens (primary N) is 1. The first-order chi connectivity index (χ1) is 8.61. The van der Waals surface area contributed by atoms with Crippen molar-refractivity contribution in [2.45, 2.75) is 0 Å². The third kappa shape index (κ3) is 3.02. The molecule has 0 spiro atoms. The summed E-state index contributed by atoms with van der Waals surface area (Å²) in [6.45, 7) is 0. The normalized spacial score (nSPS) is 10.2. The molecule has 0 saturated heterocycles. The predicted octanol–water partition coefficient (Wildman–Crippen LogP) is 3.53. The summed E-state index contributed by atoms with van der Waals surface area (Å²) in [5, 5.41) is 3.73. The number of hydrogen-bond acceptors (Lipinski definition) is 5. The highest BCUT2D eigenvalue weighted by Gasteiger charge is 2.09. The Bertz CT molecular complexity index is 580. The molecule has 4 N–H and O–H groups in total. The van der Waals surface area contributed by atoms with E-state index in [0.29, 0.717) is 21.1 Å². The van der Waals surface area contributed by atoms with Crippen molar-refractivity contribution in [1.29, 1.82) is 0 Å². The molecule has 0 aliphatic heterocycles. The lowest BCUT2D eigenvalue weighted by Gasteiger charge is -2.11. The molecule has 1 aromatic heterocycles. The number of nitrogens with one attached hydrogen (secondary N) is 2. The summed E-state index contributed by atoms with van der Waals surface area (Å²) >= 11 is 11.7. The first-order valence-electron chi connectivity index (χ1n) is 4.81. The van der Waals surface area contributed by atoms with E-state index >= 15 is 0 Å². The second-order valence-corrected chi connectivity index (χ2v) is 5.72. The minimum absolute atomic E-state index is 0.495. The van der Waals surface area contributed by atoms with Crippen molar-refractivity contribution in [3.05, 3.63) is 37.6 Å². The van der Waals surface area contributed by atoms with Crippen molar-refractivity contribution in [2.24, 2.45) is 5.84 Å². The van der Waals surface area contributed by atoms with Crippen LogP contribution in [0.25, 0.3) is 0 Å². The van der Waals surface area contributed by atoms with Crippen LogP contribution in [0, 0.1) is 3.57 Å². The SMILES string of the molecule is NNc1ncnc(Nc2ccc(I)cc2Cl)c1Br. The van der Waals surface area contributed by atoms with Gasteiger partial charge in [0.25, 0.3) is 0 Å². The molecule has 0 radical (unpaired) electrons. The monoisotopic (exact) mass is 439 g/mol. The largest absolute Gasteiger partial charge is 0.338 e. The molecule has 1 heterocycles. The van der Waals surface area contributed by atoms with E-state index in [1.807, 2.05) is 18.2 Å². The van der Waals surface area contributed by atoms with Gasteiger partial charge in [-0.15, -0.1) is 0 Å². The van der Waals surface area contributed by atoms with Crippen LogP contribution in [-0.2, 0) is 0 Å². The molecule has 0 aliphatic rings. The molecule has 18 heavy (non-hydrogen) atoms. The van der Waals surface area contributed by atoms with E-state index in [2.05, 4.69) is 59.2 Å². The lowest BCUT2D eigenvalue weighted by Crippen LogP contribution is -2.10. The summed E-state index contributed by atoms with van der Waals surface area (Å²) in [5.74, 6) is 6.42. The fraction of sp³-hybridized carbons (Fsp3) is 0. The van der Waals surface area contributed by atoms with Crippen LogP contribution in [0.15, 0.2) is 29.0 Å². The highest BCUT2D eigenvalue weighted by atomic mass is 127. The van der Waals surface area contributed by atoms with Crippen molar-refractivity contribution in [1.82, 2.24) is 9.97 Å². The Morgan fingerprint density at radius 2 is 2.00 bits per heavy atom. The number of hydrogen-bond donors (Lipinski definition) is 3. The maximum absolute atomic E-state index is 6.14. The van der Waals surface area contributed by atoms with Gasteiger partial charge in [0.05, 0.1) is 10.7 Å². The quantitative estimate of drug-likeness (QED) is 0.387. The molecule has 2 aromatic rings. The van der Waals surface area contributed by atoms with Crippen molar-refractivity contribution in [3.63, 3.8) is 0 Å². The number of nitrogen functional groups attached to an aromatic ring is 1. The van der Waals surface area contributed by atoms with Gasteiger partial charge in [0, 0.05) is 3.57 Å². The van der Waals surface area contributed by atoms with Crippen molar-refractivity contribution >= 4 is 67.4 Å². The zero-order chi connectivity index (χ0) is 13.1. The molecule has 0 saturated carbocycles. The number of hydrazine groups is 1. The van der Waals surface area contributed by atoms with Gasteiger partial charge in [0.2, 0.25) is 0 Å². The number of anilines is 3. The third-order valence-electron chi connectivity index (χ3n) is 2.11. The summed E-state index contributed by atoms with van der Waals surface area (Å²) in [4.78, 5) is 8.09. The van der Waals surface area contributed by atoms with E-state index in [1.165, 1.54) is 6.33 Å². The van der Waals surface area contributed by atoms with Gasteiger partial charge >= 0.3 is 0 Å². The highest BCUT2D eigenvalue weighted by Crippen LogP contribution is 2.31. The van der Waals surface area contributed by atoms with Crippen molar-refractivity contribution in [3.8, 4) is 0 Å². The van der Waals surface area contributed by atoms with Crippen LogP contribution in [0.3, 0.4) is 0 Å². The van der Waals surface area contributed by atoms with E-state index in [9.17, 15) is 0 Å². The van der Waals surface area contributed by atoms with Gasteiger partial charge in [-0.3, -0.25) is 0 Å². The van der Waals surface area contributed by atoms with Gasteiger partial charge in [-0.25, -0.2) is 15.8 Å². The van der Waals surface area contributed by atoms with Crippen LogP contribution < -0.4 is 16.6 Å². The maximum atomic E-state index is 6.14. The Balaban J connectivity index is 2.34. The molecule has 0 unspecified atom stereocenters. The average Bonchev–Trinajstić information content (AvgIpc) is 2.35. The number of rotatable bonds is 3. The number of nitrogens with zero attached hydrogens (tertiary/aromatic N) is 2. The van der Waals surface area contributed by atoms with E-state index in [4.69, 9.17) is 17.4 Å². The fourth-order valence-electron chi connectivity index (χ4n) is 1.28. The van der Waals surface area contributed by atoms with E-state index in [0.717, 1.165) is 9.26 Å². The van der Waals surface area contributed by atoms with Crippen LogP contribution in [0.2, 0.25) is 5.02 Å². The number of halogens is 3. The molecule has 0 amide bonds. The minimum Gasteiger partial charge on any atom is -0.338 e. The van der Waals surface area contributed by atoms with Gasteiger partial charge in [-0.2, -0.15) is 0 Å². The van der Waals surface area contributed by atoms with Crippen LogP contribution in [0.5, 0.6) is 0 Å². The zero-order valence-electron chi connectivity index (χ0n) is 8.92. The molecule has 2 rings (SSSR count). The smallest absolute Gasteiger partial charge is 0.159 e. The Morgan fingerprint density at radius 3 is 2.67 bits per heavy atom. The Kier molecular flexibility index (Phi) is 4.60.